The van der Waals surface area contributed by atoms with E-state index in [2.05, 4.69) is 28.2 Å². The molecule has 9 heteroatoms. The highest BCUT2D eigenvalue weighted by atomic mass is 35.5. The molecule has 41 heavy (non-hydrogen) atoms. The highest BCUT2D eigenvalue weighted by molar-refractivity contribution is 6.61. The molecule has 210 valence electrons. The predicted molar refractivity (Wildman–Crippen MR) is 164 cm³/mol. The van der Waals surface area contributed by atoms with Gasteiger partial charge in [0.05, 0.1) is 35.0 Å². The number of nitrogens with zero attached hydrogens (tertiary/aromatic N) is 2. The van der Waals surface area contributed by atoms with Crippen LogP contribution in [-0.4, -0.2) is 30.2 Å². The minimum absolute atomic E-state index is 0.0292. The van der Waals surface area contributed by atoms with Crippen molar-refractivity contribution in [3.63, 3.8) is 0 Å². The summed E-state index contributed by atoms with van der Waals surface area (Å²) >= 11 is 6.35. The summed E-state index contributed by atoms with van der Waals surface area (Å²) in [6, 6.07) is 13.3. The van der Waals surface area contributed by atoms with Crippen LogP contribution in [0.15, 0.2) is 51.7 Å². The molecule has 0 radical (unpaired) electrons. The van der Waals surface area contributed by atoms with Crippen molar-refractivity contribution in [2.45, 2.75) is 59.1 Å². The Balaban J connectivity index is 1.26. The van der Waals surface area contributed by atoms with Gasteiger partial charge in [0.15, 0.2) is 5.43 Å². The van der Waals surface area contributed by atoms with Crippen LogP contribution in [0.4, 0.5) is 11.6 Å². The number of aromatic nitrogens is 1. The van der Waals surface area contributed by atoms with E-state index in [1.54, 1.807) is 6.07 Å². The number of rotatable bonds is 5. The number of nitrogens with one attached hydrogen (secondary N) is 1. The van der Waals surface area contributed by atoms with Crippen molar-refractivity contribution in [1.29, 1.82) is 0 Å². The molecule has 0 bridgehead atoms. The average Bonchev–Trinajstić information content (AvgIpc) is 3.62. The first-order valence-corrected chi connectivity index (χ1v) is 14.8. The molecule has 2 aromatic carbocycles. The number of benzene rings is 2. The summed E-state index contributed by atoms with van der Waals surface area (Å²) in [4.78, 5) is 20.6. The Morgan fingerprint density at radius 1 is 1.10 bits per heavy atom. The van der Waals surface area contributed by atoms with Gasteiger partial charge in [0, 0.05) is 24.2 Å². The monoisotopic (exact) mass is 569 g/mol. The molecule has 4 aromatic rings. The molecule has 2 N–H and O–H groups in total. The highest BCUT2D eigenvalue weighted by Gasteiger charge is 2.45. The number of aryl methyl sites for hydroxylation is 1. The lowest BCUT2D eigenvalue weighted by Gasteiger charge is -2.33. The molecule has 1 spiro atoms. The molecule has 2 fully saturated rings. The zero-order chi connectivity index (χ0) is 28.5. The van der Waals surface area contributed by atoms with E-state index < -0.39 is 7.12 Å². The van der Waals surface area contributed by atoms with Gasteiger partial charge in [-0.2, -0.15) is 0 Å². The van der Waals surface area contributed by atoms with E-state index in [0.29, 0.717) is 45.3 Å². The van der Waals surface area contributed by atoms with Gasteiger partial charge >= 0.3 is 7.12 Å². The second-order valence-electron chi connectivity index (χ2n) is 12.1. The Bertz CT molecular complexity index is 1740. The van der Waals surface area contributed by atoms with Gasteiger partial charge in [-0.05, 0) is 92.7 Å². The lowest BCUT2D eigenvalue weighted by Crippen LogP contribution is -2.35. The van der Waals surface area contributed by atoms with Crippen LogP contribution >= 0.6 is 11.6 Å². The fourth-order valence-corrected chi connectivity index (χ4v) is 6.65. The number of hydrogen-bond acceptors (Lipinski definition) is 7. The maximum Gasteiger partial charge on any atom is 0.491 e. The van der Waals surface area contributed by atoms with E-state index in [1.807, 2.05) is 44.2 Å². The van der Waals surface area contributed by atoms with E-state index in [4.69, 9.17) is 20.7 Å². The quantitative estimate of drug-likeness (QED) is 0.229. The summed E-state index contributed by atoms with van der Waals surface area (Å²) in [6.45, 7) is 8.15. The number of hydrogen-bond donors (Lipinski definition) is 2. The van der Waals surface area contributed by atoms with E-state index in [0.717, 1.165) is 59.3 Å². The maximum absolute atomic E-state index is 13.6. The smallest absolute Gasteiger partial charge is 0.440 e. The first kappa shape index (κ1) is 26.6. The van der Waals surface area contributed by atoms with Gasteiger partial charge in [-0.1, -0.05) is 29.8 Å². The average molecular weight is 570 g/mol. The van der Waals surface area contributed by atoms with E-state index >= 15 is 0 Å². The number of anilines is 2. The third kappa shape index (κ3) is 4.72. The second-order valence-corrected chi connectivity index (χ2v) is 12.4. The van der Waals surface area contributed by atoms with Crippen molar-refractivity contribution in [2.75, 3.05) is 23.3 Å². The molecular formula is C32H33BClN3O4. The number of piperidine rings is 1. The van der Waals surface area contributed by atoms with Crippen molar-refractivity contribution in [3.05, 3.63) is 80.1 Å². The van der Waals surface area contributed by atoms with Crippen LogP contribution in [-0.2, 0) is 11.3 Å². The summed E-state index contributed by atoms with van der Waals surface area (Å²) < 4.78 is 12.0. The molecular weight excluding hydrogens is 537 g/mol. The van der Waals surface area contributed by atoms with E-state index in [9.17, 15) is 9.82 Å². The first-order valence-electron chi connectivity index (χ1n) is 14.4. The SMILES string of the molecule is Cc1cc(C(C)Nc2ccc(Cl)nc2-c2ccc3c(c2)COB3O)c2oc(N3CCC4(CC3)CC4)c(C)c(=O)c2c1. The zero-order valence-electron chi connectivity index (χ0n) is 23.6. The van der Waals surface area contributed by atoms with Crippen molar-refractivity contribution in [2.24, 2.45) is 5.41 Å². The topological polar surface area (TPSA) is 87.8 Å². The number of fused-ring (bicyclic) bond motifs is 2. The molecule has 4 heterocycles. The van der Waals surface area contributed by atoms with Crippen LogP contribution in [0.2, 0.25) is 5.15 Å². The molecule has 1 saturated carbocycles. The normalized spacial score (nSPS) is 18.2. The first-order chi connectivity index (χ1) is 19.7. The summed E-state index contributed by atoms with van der Waals surface area (Å²) in [5.41, 5.74) is 7.86. The molecule has 2 aromatic heterocycles. The van der Waals surface area contributed by atoms with Crippen molar-refractivity contribution < 1.29 is 14.1 Å². The van der Waals surface area contributed by atoms with Gasteiger partial charge in [-0.3, -0.25) is 4.79 Å². The molecule has 1 aliphatic carbocycles. The Morgan fingerprint density at radius 2 is 1.88 bits per heavy atom. The molecule has 3 aliphatic rings. The fraction of sp³-hybridized carbons (Fsp3) is 0.375. The van der Waals surface area contributed by atoms with Gasteiger partial charge in [-0.25, -0.2) is 4.98 Å². The van der Waals surface area contributed by atoms with Gasteiger partial charge < -0.3 is 24.3 Å². The Labute approximate surface area is 244 Å². The van der Waals surface area contributed by atoms with Gasteiger partial charge in [0.2, 0.25) is 5.88 Å². The van der Waals surface area contributed by atoms with Crippen LogP contribution in [0, 0.1) is 19.3 Å². The largest absolute Gasteiger partial charge is 0.491 e. The summed E-state index contributed by atoms with van der Waals surface area (Å²) in [6.07, 6.45) is 4.98. The molecule has 7 nitrogen and oxygen atoms in total. The predicted octanol–water partition coefficient (Wildman–Crippen LogP) is 5.90. The van der Waals surface area contributed by atoms with Crippen LogP contribution in [0.1, 0.15) is 60.9 Å². The third-order valence-electron chi connectivity index (χ3n) is 9.21. The molecule has 1 atom stereocenters. The van der Waals surface area contributed by atoms with Crippen LogP contribution in [0.5, 0.6) is 0 Å². The molecule has 0 amide bonds. The second kappa shape index (κ2) is 9.90. The third-order valence-corrected chi connectivity index (χ3v) is 9.42. The van der Waals surface area contributed by atoms with Crippen LogP contribution in [0.3, 0.4) is 0 Å². The van der Waals surface area contributed by atoms with Crippen molar-refractivity contribution in [3.8, 4) is 11.3 Å². The fourth-order valence-electron chi connectivity index (χ4n) is 6.50. The Kier molecular flexibility index (Phi) is 6.41. The lowest BCUT2D eigenvalue weighted by molar-refractivity contribution is 0.275. The molecule has 2 aliphatic heterocycles. The van der Waals surface area contributed by atoms with Gasteiger partial charge in [0.1, 0.15) is 10.7 Å². The van der Waals surface area contributed by atoms with Crippen molar-refractivity contribution in [1.82, 2.24) is 4.98 Å². The minimum Gasteiger partial charge on any atom is -0.440 e. The summed E-state index contributed by atoms with van der Waals surface area (Å²) in [5.74, 6) is 0.701. The summed E-state index contributed by atoms with van der Waals surface area (Å²) in [7, 11) is -0.901. The van der Waals surface area contributed by atoms with E-state index in [1.165, 1.54) is 12.8 Å². The minimum atomic E-state index is -0.901. The van der Waals surface area contributed by atoms with Crippen LogP contribution in [0.25, 0.3) is 22.2 Å². The number of halogens is 1. The molecule has 1 saturated heterocycles. The standard InChI is InChI=1S/C32H33BClN3O4/c1-18-14-23(30-24(15-18)29(38)19(2)31(41-30)37-12-10-32(8-9-32)11-13-37)20(3)35-26-6-7-27(34)36-28(26)21-4-5-25-22(16-21)17-40-33(25)39/h4-7,14-16,20,35,39H,8-13,17H2,1-3H3. The van der Waals surface area contributed by atoms with Crippen molar-refractivity contribution >= 4 is 46.7 Å². The molecule has 7 rings (SSSR count). The Hall–Kier alpha value is -3.33. The lowest BCUT2D eigenvalue weighted by atomic mass is 9.79. The highest BCUT2D eigenvalue weighted by Crippen LogP contribution is 2.54. The van der Waals surface area contributed by atoms with Crippen LogP contribution < -0.4 is 21.1 Å². The molecule has 1 unspecified atom stereocenters. The Morgan fingerprint density at radius 3 is 2.63 bits per heavy atom. The maximum atomic E-state index is 13.6. The zero-order valence-corrected chi connectivity index (χ0v) is 24.3. The number of pyridine rings is 1. The van der Waals surface area contributed by atoms with E-state index in [-0.39, 0.29) is 11.5 Å². The summed E-state index contributed by atoms with van der Waals surface area (Å²) in [5, 5.41) is 14.7. The van der Waals surface area contributed by atoms with Gasteiger partial charge in [0.25, 0.3) is 0 Å². The van der Waals surface area contributed by atoms with Gasteiger partial charge in [-0.15, -0.1) is 0 Å².